The molecule has 0 radical (unpaired) electrons. The van der Waals surface area contributed by atoms with E-state index in [2.05, 4.69) is 77.3 Å². The summed E-state index contributed by atoms with van der Waals surface area (Å²) in [4.78, 5) is 18.5. The van der Waals surface area contributed by atoms with Gasteiger partial charge in [-0.3, -0.25) is 9.69 Å². The highest BCUT2D eigenvalue weighted by Gasteiger charge is 2.62. The van der Waals surface area contributed by atoms with Gasteiger partial charge in [-0.25, -0.2) is 0 Å². The van der Waals surface area contributed by atoms with E-state index in [0.717, 1.165) is 40.7 Å². The van der Waals surface area contributed by atoms with Crippen LogP contribution in [0.25, 0.3) is 0 Å². The van der Waals surface area contributed by atoms with Crippen molar-refractivity contribution in [3.8, 4) is 0 Å². The number of hydrogen-bond acceptors (Lipinski definition) is 2. The summed E-state index contributed by atoms with van der Waals surface area (Å²) in [6.07, 6.45) is 5.57. The molecule has 0 bridgehead atoms. The molecule has 2 aromatic carbocycles. The normalized spacial score (nSPS) is 26.1. The number of hydrogen-bond donors (Lipinski definition) is 0. The highest BCUT2D eigenvalue weighted by atomic mass is 79.9. The molecule has 150 valence electrons. The lowest BCUT2D eigenvalue weighted by atomic mass is 9.72. The van der Waals surface area contributed by atoms with Crippen molar-refractivity contribution >= 4 is 27.5 Å². The van der Waals surface area contributed by atoms with Gasteiger partial charge in [-0.15, -0.1) is 13.2 Å². The molecule has 0 aromatic heterocycles. The number of anilines is 1. The van der Waals surface area contributed by atoms with Crippen LogP contribution in [0.5, 0.6) is 0 Å². The number of rotatable bonds is 6. The smallest absolute Gasteiger partial charge is 0.239 e. The van der Waals surface area contributed by atoms with Crippen LogP contribution in [0.4, 0.5) is 5.69 Å². The summed E-state index contributed by atoms with van der Waals surface area (Å²) in [5, 5.41) is 0. The van der Waals surface area contributed by atoms with Crippen LogP contribution >= 0.6 is 15.9 Å². The minimum Gasteiger partial charge on any atom is -0.311 e. The molecule has 1 saturated heterocycles. The molecule has 1 amide bonds. The fraction of sp³-hybridized carbons (Fsp3) is 0.320. The number of likely N-dealkylation sites (tertiary alicyclic amines) is 1. The van der Waals surface area contributed by atoms with E-state index in [-0.39, 0.29) is 18.0 Å². The van der Waals surface area contributed by atoms with E-state index in [4.69, 9.17) is 0 Å². The SMILES string of the molecule is C=CCN1[C@H](C=C)C[C@@]2(C(=O)N(CCC)c3ccc(Br)cc32)[C@@H]1c1ccccc1. The second kappa shape index (κ2) is 7.92. The van der Waals surface area contributed by atoms with E-state index in [1.54, 1.807) is 0 Å². The topological polar surface area (TPSA) is 23.6 Å². The minimum atomic E-state index is -0.627. The van der Waals surface area contributed by atoms with Crippen LogP contribution < -0.4 is 4.90 Å². The highest BCUT2D eigenvalue weighted by molar-refractivity contribution is 9.10. The summed E-state index contributed by atoms with van der Waals surface area (Å²) < 4.78 is 1.01. The quantitative estimate of drug-likeness (QED) is 0.532. The molecule has 4 rings (SSSR count). The lowest BCUT2D eigenvalue weighted by Crippen LogP contribution is -2.45. The third kappa shape index (κ3) is 3.01. The molecule has 3 nitrogen and oxygen atoms in total. The number of amides is 1. The summed E-state index contributed by atoms with van der Waals surface area (Å²) in [5.41, 5.74) is 2.70. The molecule has 2 aromatic rings. The number of benzene rings is 2. The average molecular weight is 451 g/mol. The van der Waals surface area contributed by atoms with Crippen LogP contribution in [0, 0.1) is 0 Å². The van der Waals surface area contributed by atoms with E-state index in [1.165, 1.54) is 0 Å². The van der Waals surface area contributed by atoms with Gasteiger partial charge < -0.3 is 4.90 Å². The predicted octanol–water partition coefficient (Wildman–Crippen LogP) is 5.63. The van der Waals surface area contributed by atoms with Crippen molar-refractivity contribution in [2.45, 2.75) is 37.3 Å². The Hall–Kier alpha value is -2.17. The van der Waals surface area contributed by atoms with Crippen molar-refractivity contribution in [3.63, 3.8) is 0 Å². The molecule has 2 heterocycles. The molecule has 4 heteroatoms. The van der Waals surface area contributed by atoms with E-state index in [0.29, 0.717) is 6.54 Å². The van der Waals surface area contributed by atoms with Crippen LogP contribution in [0.15, 0.2) is 78.3 Å². The summed E-state index contributed by atoms with van der Waals surface area (Å²) in [5.74, 6) is 0.208. The van der Waals surface area contributed by atoms with E-state index in [1.807, 2.05) is 29.2 Å². The van der Waals surface area contributed by atoms with Crippen molar-refractivity contribution < 1.29 is 4.79 Å². The van der Waals surface area contributed by atoms with Gasteiger partial charge in [0.1, 0.15) is 0 Å². The number of nitrogens with zero attached hydrogens (tertiary/aromatic N) is 2. The van der Waals surface area contributed by atoms with Gasteiger partial charge in [0.05, 0.1) is 11.5 Å². The van der Waals surface area contributed by atoms with Gasteiger partial charge in [0.15, 0.2) is 0 Å². The molecule has 2 aliphatic heterocycles. The first-order chi connectivity index (χ1) is 14.1. The number of carbonyl (C=O) groups excluding carboxylic acids is 1. The Morgan fingerprint density at radius 3 is 2.62 bits per heavy atom. The molecular formula is C25H27BrN2O. The second-order valence-corrected chi connectivity index (χ2v) is 8.81. The molecule has 3 atom stereocenters. The standard InChI is InChI=1S/C25H27BrN2O/c1-4-14-27-20(6-3)17-25(23(27)18-10-8-7-9-11-18)21-16-19(26)12-13-22(21)28(15-5-2)24(25)29/h4,6-13,16,20,23H,1,3,5,14-15,17H2,2H3/t20-,23+,25+/m1/s1. The van der Waals surface area contributed by atoms with Crippen LogP contribution in [0.2, 0.25) is 0 Å². The summed E-state index contributed by atoms with van der Waals surface area (Å²) in [6.45, 7) is 11.6. The van der Waals surface area contributed by atoms with Crippen LogP contribution in [-0.4, -0.2) is 29.9 Å². The predicted molar refractivity (Wildman–Crippen MR) is 123 cm³/mol. The molecule has 1 spiro atoms. The zero-order valence-corrected chi connectivity index (χ0v) is 18.4. The van der Waals surface area contributed by atoms with E-state index >= 15 is 0 Å². The second-order valence-electron chi connectivity index (χ2n) is 7.90. The van der Waals surface area contributed by atoms with Crippen molar-refractivity contribution in [2.24, 2.45) is 0 Å². The average Bonchev–Trinajstić information content (AvgIpc) is 3.18. The Morgan fingerprint density at radius 1 is 1.21 bits per heavy atom. The highest BCUT2D eigenvalue weighted by Crippen LogP contribution is 2.58. The largest absolute Gasteiger partial charge is 0.311 e. The lowest BCUT2D eigenvalue weighted by molar-refractivity contribution is -0.124. The number of fused-ring (bicyclic) bond motifs is 2. The molecule has 0 N–H and O–H groups in total. The molecule has 0 unspecified atom stereocenters. The number of carbonyl (C=O) groups is 1. The van der Waals surface area contributed by atoms with Crippen LogP contribution in [0.1, 0.15) is 36.9 Å². The van der Waals surface area contributed by atoms with E-state index in [9.17, 15) is 4.79 Å². The summed E-state index contributed by atoms with van der Waals surface area (Å²) in [6, 6.07) is 16.7. The first-order valence-electron chi connectivity index (χ1n) is 10.2. The molecule has 0 saturated carbocycles. The zero-order chi connectivity index (χ0) is 20.6. The van der Waals surface area contributed by atoms with E-state index < -0.39 is 5.41 Å². The molecule has 2 aliphatic rings. The third-order valence-corrected chi connectivity index (χ3v) is 6.78. The van der Waals surface area contributed by atoms with Crippen LogP contribution in [0.3, 0.4) is 0 Å². The first-order valence-corrected chi connectivity index (χ1v) is 11.0. The van der Waals surface area contributed by atoms with Crippen LogP contribution in [-0.2, 0) is 10.2 Å². The van der Waals surface area contributed by atoms with Crippen molar-refractivity contribution in [1.82, 2.24) is 4.90 Å². The fourth-order valence-electron chi connectivity index (χ4n) is 5.23. The number of halogens is 1. The van der Waals surface area contributed by atoms with Crippen molar-refractivity contribution in [1.29, 1.82) is 0 Å². The fourth-order valence-corrected chi connectivity index (χ4v) is 5.59. The summed E-state index contributed by atoms with van der Waals surface area (Å²) in [7, 11) is 0. The summed E-state index contributed by atoms with van der Waals surface area (Å²) >= 11 is 3.65. The first kappa shape index (κ1) is 20.1. The molecule has 29 heavy (non-hydrogen) atoms. The maximum atomic E-state index is 14.1. The molecule has 1 fully saturated rings. The van der Waals surface area contributed by atoms with Crippen molar-refractivity contribution in [2.75, 3.05) is 18.0 Å². The van der Waals surface area contributed by atoms with Crippen molar-refractivity contribution in [3.05, 3.63) is 89.4 Å². The Morgan fingerprint density at radius 2 is 1.97 bits per heavy atom. The minimum absolute atomic E-state index is 0.0629. The maximum absolute atomic E-state index is 14.1. The Labute approximate surface area is 181 Å². The molecular weight excluding hydrogens is 424 g/mol. The van der Waals surface area contributed by atoms with Gasteiger partial charge in [-0.2, -0.15) is 0 Å². The Kier molecular flexibility index (Phi) is 5.50. The van der Waals surface area contributed by atoms with Gasteiger partial charge in [0, 0.05) is 29.3 Å². The van der Waals surface area contributed by atoms with Gasteiger partial charge in [0.25, 0.3) is 0 Å². The zero-order valence-electron chi connectivity index (χ0n) is 16.9. The monoisotopic (exact) mass is 450 g/mol. The lowest BCUT2D eigenvalue weighted by Gasteiger charge is -2.35. The van der Waals surface area contributed by atoms with Gasteiger partial charge >= 0.3 is 0 Å². The maximum Gasteiger partial charge on any atom is 0.239 e. The third-order valence-electron chi connectivity index (χ3n) is 6.29. The Bertz CT molecular complexity index is 941. The van der Waals surface area contributed by atoms with Gasteiger partial charge in [0.2, 0.25) is 5.91 Å². The molecule has 0 aliphatic carbocycles. The van der Waals surface area contributed by atoms with Gasteiger partial charge in [-0.05, 0) is 42.2 Å². The van der Waals surface area contributed by atoms with Gasteiger partial charge in [-0.1, -0.05) is 65.3 Å². The Balaban J connectivity index is 1.98.